The Morgan fingerprint density at radius 3 is 2.76 bits per heavy atom. The third kappa shape index (κ3) is 2.55. The number of aryl methyl sites for hydroxylation is 1. The summed E-state index contributed by atoms with van der Waals surface area (Å²) >= 11 is 0. The lowest BCUT2D eigenvalue weighted by molar-refractivity contribution is 0.0697. The monoisotopic (exact) mass is 336 g/mol. The van der Waals surface area contributed by atoms with Crippen LogP contribution in [-0.2, 0) is 7.05 Å². The summed E-state index contributed by atoms with van der Waals surface area (Å²) in [6, 6.07) is 11.1. The van der Waals surface area contributed by atoms with Crippen LogP contribution < -0.4 is 0 Å². The van der Waals surface area contributed by atoms with Gasteiger partial charge in [0.25, 0.3) is 0 Å². The number of halogens is 1. The first-order valence-corrected chi connectivity index (χ1v) is 7.55. The van der Waals surface area contributed by atoms with Gasteiger partial charge in [-0.1, -0.05) is 12.1 Å². The van der Waals surface area contributed by atoms with Gasteiger partial charge in [-0.05, 0) is 30.3 Å². The summed E-state index contributed by atoms with van der Waals surface area (Å²) in [6.45, 7) is 0. The van der Waals surface area contributed by atoms with E-state index in [4.69, 9.17) is 5.11 Å². The van der Waals surface area contributed by atoms with E-state index in [0.717, 1.165) is 0 Å². The molecule has 25 heavy (non-hydrogen) atoms. The number of nitrogens with one attached hydrogen (secondary N) is 1. The Balaban J connectivity index is 1.89. The van der Waals surface area contributed by atoms with Crippen molar-refractivity contribution in [2.75, 3.05) is 0 Å². The minimum atomic E-state index is -1.01. The normalized spacial score (nSPS) is 11.1. The molecule has 0 spiro atoms. The maximum Gasteiger partial charge on any atom is 0.335 e. The van der Waals surface area contributed by atoms with Crippen LogP contribution in [-0.4, -0.2) is 30.8 Å². The Morgan fingerprint density at radius 1 is 1.20 bits per heavy atom. The predicted octanol–water partition coefficient (Wildman–Crippen LogP) is 3.47. The number of aromatic carboxylic acids is 1. The highest BCUT2D eigenvalue weighted by Gasteiger charge is 2.18. The molecule has 0 saturated carbocycles. The zero-order valence-electron chi connectivity index (χ0n) is 13.2. The molecule has 0 atom stereocenters. The van der Waals surface area contributed by atoms with Crippen molar-refractivity contribution in [2.45, 2.75) is 0 Å². The molecule has 4 rings (SSSR count). The van der Waals surface area contributed by atoms with Gasteiger partial charge in [-0.3, -0.25) is 4.68 Å². The number of fused-ring (bicyclic) bond motifs is 1. The van der Waals surface area contributed by atoms with E-state index in [0.29, 0.717) is 33.7 Å². The number of benzene rings is 2. The lowest BCUT2D eigenvalue weighted by Crippen LogP contribution is -1.94. The Bertz CT molecular complexity index is 1110. The molecule has 0 saturated heterocycles. The highest BCUT2D eigenvalue weighted by Crippen LogP contribution is 2.32. The molecule has 7 heteroatoms. The number of imidazole rings is 1. The van der Waals surface area contributed by atoms with Gasteiger partial charge in [-0.15, -0.1) is 0 Å². The zero-order valence-corrected chi connectivity index (χ0v) is 13.2. The molecule has 0 radical (unpaired) electrons. The van der Waals surface area contributed by atoms with E-state index in [2.05, 4.69) is 15.1 Å². The Hall–Kier alpha value is -3.48. The van der Waals surface area contributed by atoms with Crippen LogP contribution in [0.1, 0.15) is 10.4 Å². The largest absolute Gasteiger partial charge is 0.478 e. The molecular formula is C18H13FN4O2. The standard InChI is InChI=1S/C18H13FN4O2/c1-23-9-12(16(22-23)11-4-2-3-5-13(11)19)17-20-14-7-6-10(18(24)25)8-15(14)21-17/h2-9H,1H3,(H,20,21)(H,24,25). The van der Waals surface area contributed by atoms with Crippen LogP contribution in [0.5, 0.6) is 0 Å². The molecule has 2 aromatic carbocycles. The fourth-order valence-electron chi connectivity index (χ4n) is 2.78. The van der Waals surface area contributed by atoms with Crippen molar-refractivity contribution in [3.8, 4) is 22.6 Å². The number of carboxylic acid groups (broad SMARTS) is 1. The second-order valence-electron chi connectivity index (χ2n) is 5.67. The van der Waals surface area contributed by atoms with Crippen molar-refractivity contribution < 1.29 is 14.3 Å². The molecule has 0 aliphatic carbocycles. The maximum atomic E-state index is 14.2. The number of carboxylic acids is 1. The van der Waals surface area contributed by atoms with E-state index in [1.165, 1.54) is 18.2 Å². The fourth-order valence-corrected chi connectivity index (χ4v) is 2.78. The van der Waals surface area contributed by atoms with Gasteiger partial charge in [-0.2, -0.15) is 5.10 Å². The first-order valence-electron chi connectivity index (χ1n) is 7.55. The molecule has 0 unspecified atom stereocenters. The summed E-state index contributed by atoms with van der Waals surface area (Å²) in [5.74, 6) is -0.873. The summed E-state index contributed by atoms with van der Waals surface area (Å²) in [7, 11) is 1.75. The number of nitrogens with zero attached hydrogens (tertiary/aromatic N) is 3. The molecule has 0 fully saturated rings. The van der Waals surface area contributed by atoms with E-state index in [9.17, 15) is 9.18 Å². The number of hydrogen-bond acceptors (Lipinski definition) is 3. The smallest absolute Gasteiger partial charge is 0.335 e. The van der Waals surface area contributed by atoms with Crippen LogP contribution in [0.4, 0.5) is 4.39 Å². The number of aromatic amines is 1. The summed E-state index contributed by atoms with van der Waals surface area (Å²) in [5.41, 5.74) is 2.88. The highest BCUT2D eigenvalue weighted by molar-refractivity contribution is 5.93. The van der Waals surface area contributed by atoms with Gasteiger partial charge in [0.15, 0.2) is 0 Å². The minimum Gasteiger partial charge on any atom is -0.478 e. The first-order chi connectivity index (χ1) is 12.0. The van der Waals surface area contributed by atoms with Crippen molar-refractivity contribution in [1.29, 1.82) is 0 Å². The van der Waals surface area contributed by atoms with Gasteiger partial charge in [0.05, 0.1) is 22.2 Å². The summed E-state index contributed by atoms with van der Waals surface area (Å²) in [4.78, 5) is 18.7. The number of hydrogen-bond donors (Lipinski definition) is 2. The lowest BCUT2D eigenvalue weighted by Gasteiger charge is -2.01. The van der Waals surface area contributed by atoms with Crippen LogP contribution in [0.25, 0.3) is 33.7 Å². The Labute approximate surface area is 141 Å². The quantitative estimate of drug-likeness (QED) is 0.600. The molecule has 4 aromatic rings. The Morgan fingerprint density at radius 2 is 2.00 bits per heavy atom. The van der Waals surface area contributed by atoms with Gasteiger partial charge < -0.3 is 10.1 Å². The number of aromatic nitrogens is 4. The number of H-pyrrole nitrogens is 1. The highest BCUT2D eigenvalue weighted by atomic mass is 19.1. The third-order valence-electron chi connectivity index (χ3n) is 3.94. The van der Waals surface area contributed by atoms with Crippen LogP contribution >= 0.6 is 0 Å². The van der Waals surface area contributed by atoms with Gasteiger partial charge in [0.2, 0.25) is 0 Å². The topological polar surface area (TPSA) is 83.8 Å². The van der Waals surface area contributed by atoms with E-state index < -0.39 is 5.97 Å². The van der Waals surface area contributed by atoms with E-state index in [1.54, 1.807) is 42.2 Å². The average molecular weight is 336 g/mol. The van der Waals surface area contributed by atoms with E-state index in [-0.39, 0.29) is 11.4 Å². The van der Waals surface area contributed by atoms with Crippen LogP contribution in [0.2, 0.25) is 0 Å². The molecular weight excluding hydrogens is 323 g/mol. The lowest BCUT2D eigenvalue weighted by atomic mass is 10.1. The fraction of sp³-hybridized carbons (Fsp3) is 0.0556. The maximum absolute atomic E-state index is 14.2. The van der Waals surface area contributed by atoms with Crippen LogP contribution in [0.15, 0.2) is 48.7 Å². The zero-order chi connectivity index (χ0) is 17.6. The van der Waals surface area contributed by atoms with E-state index >= 15 is 0 Å². The average Bonchev–Trinajstić information content (AvgIpc) is 3.17. The SMILES string of the molecule is Cn1cc(-c2nc3ccc(C(=O)O)cc3[nH]2)c(-c2ccccc2F)n1. The molecule has 0 aliphatic rings. The molecule has 2 heterocycles. The predicted molar refractivity (Wildman–Crippen MR) is 90.6 cm³/mol. The van der Waals surface area contributed by atoms with Crippen molar-refractivity contribution in [2.24, 2.45) is 7.05 Å². The first kappa shape index (κ1) is 15.1. The molecule has 0 bridgehead atoms. The molecule has 0 aliphatic heterocycles. The van der Waals surface area contributed by atoms with Crippen molar-refractivity contribution in [1.82, 2.24) is 19.7 Å². The third-order valence-corrected chi connectivity index (χ3v) is 3.94. The minimum absolute atomic E-state index is 0.170. The second-order valence-corrected chi connectivity index (χ2v) is 5.67. The summed E-state index contributed by atoms with van der Waals surface area (Å²) in [6.07, 6.45) is 1.75. The summed E-state index contributed by atoms with van der Waals surface area (Å²) < 4.78 is 15.8. The van der Waals surface area contributed by atoms with Gasteiger partial charge in [-0.25, -0.2) is 14.2 Å². The van der Waals surface area contributed by atoms with Crippen molar-refractivity contribution in [3.05, 3.63) is 60.0 Å². The Kier molecular flexibility index (Phi) is 3.35. The van der Waals surface area contributed by atoms with Crippen LogP contribution in [0, 0.1) is 5.82 Å². The van der Waals surface area contributed by atoms with E-state index in [1.807, 2.05) is 0 Å². The number of carbonyl (C=O) groups is 1. The molecule has 2 N–H and O–H groups in total. The van der Waals surface area contributed by atoms with Gasteiger partial charge >= 0.3 is 5.97 Å². The number of rotatable bonds is 3. The van der Waals surface area contributed by atoms with Crippen molar-refractivity contribution >= 4 is 17.0 Å². The van der Waals surface area contributed by atoms with Crippen molar-refractivity contribution in [3.63, 3.8) is 0 Å². The summed E-state index contributed by atoms with van der Waals surface area (Å²) in [5, 5.41) is 13.5. The second kappa shape index (κ2) is 5.55. The molecule has 0 amide bonds. The van der Waals surface area contributed by atoms with Gasteiger partial charge in [0, 0.05) is 18.8 Å². The molecule has 124 valence electrons. The molecule has 6 nitrogen and oxygen atoms in total. The van der Waals surface area contributed by atoms with Crippen LogP contribution in [0.3, 0.4) is 0 Å². The molecule has 2 aromatic heterocycles. The van der Waals surface area contributed by atoms with Gasteiger partial charge in [0.1, 0.15) is 17.3 Å².